The van der Waals surface area contributed by atoms with Crippen LogP contribution in [0.2, 0.25) is 0 Å². The van der Waals surface area contributed by atoms with Crippen LogP contribution in [0.1, 0.15) is 0 Å². The zero-order valence-electron chi connectivity index (χ0n) is 11.0. The van der Waals surface area contributed by atoms with Crippen molar-refractivity contribution in [2.45, 2.75) is 19.6 Å². The van der Waals surface area contributed by atoms with E-state index in [1.165, 1.54) is 0 Å². The molecule has 0 saturated carbocycles. The molecule has 2 aliphatic rings. The number of benzene rings is 2. The topological polar surface area (TPSA) is 155 Å². The largest absolute Gasteiger partial charge is 0.313 e. The Kier molecular flexibility index (Phi) is 2.75. The van der Waals surface area contributed by atoms with Gasteiger partial charge in [-0.1, -0.05) is 12.1 Å². The highest BCUT2D eigenvalue weighted by Crippen LogP contribution is 2.44. The van der Waals surface area contributed by atoms with E-state index in [1.807, 2.05) is 0 Å². The van der Waals surface area contributed by atoms with E-state index in [1.54, 1.807) is 0 Å². The van der Waals surface area contributed by atoms with Crippen molar-refractivity contribution >= 4 is 51.2 Å². The van der Waals surface area contributed by atoms with E-state index in [0.717, 1.165) is 24.3 Å². The Morgan fingerprint density at radius 3 is 1.17 bits per heavy atom. The highest BCUT2D eigenvalue weighted by Gasteiger charge is 2.46. The van der Waals surface area contributed by atoms with Crippen molar-refractivity contribution in [3.05, 3.63) is 24.3 Å². The lowest BCUT2D eigenvalue weighted by atomic mass is 10.1. The fourth-order valence-electron chi connectivity index (χ4n) is 2.60. The fraction of sp³-hybridized carbons (Fsp3) is 0. The maximum absolute atomic E-state index is 12.0. The molecule has 0 atom stereocenters. The Morgan fingerprint density at radius 1 is 0.500 bits per heavy atom. The maximum atomic E-state index is 12.0. The van der Waals surface area contributed by atoms with Gasteiger partial charge in [-0.3, -0.25) is 0 Å². The Balaban J connectivity index is 2.31. The van der Waals surface area contributed by atoms with Crippen LogP contribution < -0.4 is 0 Å². The summed E-state index contributed by atoms with van der Waals surface area (Å²) >= 11 is 0. The van der Waals surface area contributed by atoms with E-state index in [0.29, 0.717) is 0 Å². The molecular weight excluding hydrogens is 408 g/mol. The van der Waals surface area contributed by atoms with Gasteiger partial charge in [-0.2, -0.15) is 33.7 Å². The minimum absolute atomic E-state index is 0.309. The average molecular weight is 412 g/mol. The summed E-state index contributed by atoms with van der Waals surface area (Å²) in [4.78, 5) is -2.81. The van der Waals surface area contributed by atoms with Crippen LogP contribution in [0.4, 0.5) is 0 Å². The van der Waals surface area contributed by atoms with Gasteiger partial charge in [0.25, 0.3) is 0 Å². The fourth-order valence-corrected chi connectivity index (χ4v) is 9.51. The zero-order valence-corrected chi connectivity index (χ0v) is 14.3. The van der Waals surface area contributed by atoms with Crippen LogP contribution in [0.5, 0.6) is 0 Å². The van der Waals surface area contributed by atoms with Crippen LogP contribution in [0, 0.1) is 0 Å². The highest BCUT2D eigenvalue weighted by molar-refractivity contribution is 8.03. The molecule has 0 radical (unpaired) electrons. The summed E-state index contributed by atoms with van der Waals surface area (Å²) in [5, 5.41) is -0.617. The van der Waals surface area contributed by atoms with Crippen molar-refractivity contribution in [2.75, 3.05) is 0 Å². The van der Waals surface area contributed by atoms with Crippen LogP contribution in [0.3, 0.4) is 0 Å². The van der Waals surface area contributed by atoms with Gasteiger partial charge < -0.3 is 0 Å². The first-order valence-corrected chi connectivity index (χ1v) is 11.5. The monoisotopic (exact) mass is 412 g/mol. The molecule has 0 amide bonds. The molecule has 2 aliphatic heterocycles. The van der Waals surface area contributed by atoms with Crippen LogP contribution in [-0.4, -0.2) is 33.7 Å². The molecule has 0 unspecified atom stereocenters. The van der Waals surface area contributed by atoms with Gasteiger partial charge in [0.2, 0.25) is 0 Å². The van der Waals surface area contributed by atoms with Gasteiger partial charge in [-0.15, -0.1) is 7.26 Å². The lowest BCUT2D eigenvalue weighted by Gasteiger charge is -2.04. The Labute approximate surface area is 136 Å². The van der Waals surface area contributed by atoms with Crippen molar-refractivity contribution in [1.29, 1.82) is 0 Å². The smallest absolute Gasteiger partial charge is 0.193 e. The summed E-state index contributed by atoms with van der Waals surface area (Å²) in [5.74, 6) is 0. The standard InChI is InChI=1S/C10H4O10S4/c11-21(12)7-3-1-5-6(10(7)24(17,18)19-21)2-4-8-9(5)23(15,16)20-22(8,13)14/h1-4H. The molecule has 2 aromatic rings. The van der Waals surface area contributed by atoms with E-state index in [9.17, 15) is 33.7 Å². The molecule has 0 aliphatic carbocycles. The van der Waals surface area contributed by atoms with E-state index in [4.69, 9.17) is 0 Å². The van der Waals surface area contributed by atoms with Crippen LogP contribution in [0.15, 0.2) is 43.8 Å². The average Bonchev–Trinajstić information content (AvgIpc) is 2.72. The van der Waals surface area contributed by atoms with E-state index >= 15 is 0 Å². The predicted molar refractivity (Wildman–Crippen MR) is 74.9 cm³/mol. The predicted octanol–water partition coefficient (Wildman–Crippen LogP) is -0.345. The Hall–Kier alpha value is -1.58. The molecule has 0 bridgehead atoms. The summed E-state index contributed by atoms with van der Waals surface area (Å²) < 4.78 is 103. The number of rotatable bonds is 0. The third kappa shape index (κ3) is 1.86. The van der Waals surface area contributed by atoms with Crippen molar-refractivity contribution in [1.82, 2.24) is 0 Å². The molecule has 2 aromatic carbocycles. The van der Waals surface area contributed by atoms with E-state index < -0.39 is 60.1 Å². The summed E-state index contributed by atoms with van der Waals surface area (Å²) in [6.45, 7) is 0. The summed E-state index contributed by atoms with van der Waals surface area (Å²) in [5.41, 5.74) is 0. The van der Waals surface area contributed by atoms with Gasteiger partial charge in [0.15, 0.2) is 0 Å². The van der Waals surface area contributed by atoms with Crippen molar-refractivity contribution in [3.63, 3.8) is 0 Å². The van der Waals surface area contributed by atoms with Crippen molar-refractivity contribution in [2.24, 2.45) is 0 Å². The van der Waals surface area contributed by atoms with E-state index in [2.05, 4.69) is 7.26 Å². The lowest BCUT2D eigenvalue weighted by Crippen LogP contribution is -2.02. The molecule has 0 fully saturated rings. The van der Waals surface area contributed by atoms with Crippen LogP contribution in [0.25, 0.3) is 10.8 Å². The second-order valence-corrected chi connectivity index (χ2v) is 11.3. The van der Waals surface area contributed by atoms with Gasteiger partial charge in [-0.05, 0) is 12.1 Å². The first-order valence-electron chi connectivity index (χ1n) is 5.89. The molecule has 128 valence electrons. The first-order chi connectivity index (χ1) is 10.9. The number of hydrogen-bond donors (Lipinski definition) is 0. The second kappa shape index (κ2) is 4.14. The number of hydrogen-bond acceptors (Lipinski definition) is 10. The molecular formula is C10H4O10S4. The second-order valence-electron chi connectivity index (χ2n) is 4.83. The van der Waals surface area contributed by atoms with Gasteiger partial charge in [0, 0.05) is 10.8 Å². The van der Waals surface area contributed by atoms with Crippen molar-refractivity contribution in [3.8, 4) is 0 Å². The summed E-state index contributed by atoms with van der Waals surface area (Å²) in [6, 6.07) is 3.63. The van der Waals surface area contributed by atoms with E-state index in [-0.39, 0.29) is 10.8 Å². The maximum Gasteiger partial charge on any atom is 0.313 e. The minimum atomic E-state index is -4.70. The third-order valence-corrected chi connectivity index (χ3v) is 10.2. The molecule has 14 heteroatoms. The van der Waals surface area contributed by atoms with Gasteiger partial charge in [0.1, 0.15) is 19.6 Å². The molecule has 4 rings (SSSR count). The van der Waals surface area contributed by atoms with Crippen molar-refractivity contribution < 1.29 is 40.9 Å². The van der Waals surface area contributed by atoms with Gasteiger partial charge in [-0.25, -0.2) is 0 Å². The molecule has 0 spiro atoms. The normalized spacial score (nSPS) is 24.5. The first kappa shape index (κ1) is 15.9. The Morgan fingerprint density at radius 2 is 0.833 bits per heavy atom. The molecule has 2 heterocycles. The van der Waals surface area contributed by atoms with Gasteiger partial charge >= 0.3 is 40.5 Å². The third-order valence-electron chi connectivity index (χ3n) is 3.43. The molecule has 0 aromatic heterocycles. The SMILES string of the molecule is O=S1(=O)OS(=O)(=O)c2c1ccc1c3c(ccc21)S(=O)(=O)OS3(=O)=O. The summed E-state index contributed by atoms with van der Waals surface area (Å²) in [7, 11) is -18.5. The quantitative estimate of drug-likeness (QED) is 0.561. The summed E-state index contributed by atoms with van der Waals surface area (Å²) in [6.07, 6.45) is 0. The number of fused-ring (bicyclic) bond motifs is 5. The molecule has 0 saturated heterocycles. The van der Waals surface area contributed by atoms with Gasteiger partial charge in [0.05, 0.1) is 0 Å². The molecule has 0 N–H and O–H groups in total. The van der Waals surface area contributed by atoms with Crippen LogP contribution >= 0.6 is 0 Å². The minimum Gasteiger partial charge on any atom is -0.193 e. The molecule has 24 heavy (non-hydrogen) atoms. The van der Waals surface area contributed by atoms with Crippen LogP contribution in [-0.2, 0) is 47.7 Å². The lowest BCUT2D eigenvalue weighted by molar-refractivity contribution is 0.472. The zero-order chi connectivity index (χ0) is 17.7. The highest BCUT2D eigenvalue weighted by atomic mass is 32.3. The Bertz CT molecular complexity index is 1270. The molecule has 10 nitrogen and oxygen atoms in total.